The number of nitrogens with one attached hydrogen (secondary N) is 1. The van der Waals surface area contributed by atoms with Gasteiger partial charge >= 0.3 is 5.97 Å². The van der Waals surface area contributed by atoms with Crippen molar-refractivity contribution >= 4 is 17.7 Å². The molecule has 0 aliphatic heterocycles. The van der Waals surface area contributed by atoms with E-state index in [1.165, 1.54) is 25.7 Å². The van der Waals surface area contributed by atoms with E-state index in [1.54, 1.807) is 0 Å². The second kappa shape index (κ2) is 5.88. The fourth-order valence-electron chi connectivity index (χ4n) is 3.90. The predicted octanol–water partition coefficient (Wildman–Crippen LogP) is 3.43. The molecule has 0 radical (unpaired) electrons. The van der Waals surface area contributed by atoms with Crippen molar-refractivity contribution in [2.75, 3.05) is 0 Å². The summed E-state index contributed by atoms with van der Waals surface area (Å²) in [7, 11) is 0. The standard InChI is InChI=1S/C16H27NO2S/c1-11-3-2-4-13(9-11)20-14-7-8-16(10-14,15(18)19)17-12-5-6-12/h11-14,17H,2-10H2,1H3,(H,18,19). The molecule has 114 valence electrons. The van der Waals surface area contributed by atoms with Crippen LogP contribution in [0.2, 0.25) is 0 Å². The van der Waals surface area contributed by atoms with Gasteiger partial charge in [-0.3, -0.25) is 10.1 Å². The largest absolute Gasteiger partial charge is 0.480 e. The molecular weight excluding hydrogens is 270 g/mol. The van der Waals surface area contributed by atoms with Gasteiger partial charge in [-0.25, -0.2) is 0 Å². The van der Waals surface area contributed by atoms with Crippen LogP contribution in [-0.2, 0) is 4.79 Å². The van der Waals surface area contributed by atoms with Crippen molar-refractivity contribution in [2.45, 2.75) is 86.8 Å². The summed E-state index contributed by atoms with van der Waals surface area (Å²) >= 11 is 2.10. The Morgan fingerprint density at radius 3 is 2.65 bits per heavy atom. The van der Waals surface area contributed by atoms with E-state index in [1.807, 2.05) is 0 Å². The van der Waals surface area contributed by atoms with Gasteiger partial charge in [-0.15, -0.1) is 0 Å². The van der Waals surface area contributed by atoms with Crippen LogP contribution < -0.4 is 5.32 Å². The summed E-state index contributed by atoms with van der Waals surface area (Å²) in [5, 5.41) is 14.4. The van der Waals surface area contributed by atoms with E-state index in [2.05, 4.69) is 24.0 Å². The zero-order valence-electron chi connectivity index (χ0n) is 12.4. The van der Waals surface area contributed by atoms with Crippen LogP contribution in [0.3, 0.4) is 0 Å². The molecule has 0 heterocycles. The van der Waals surface area contributed by atoms with E-state index in [9.17, 15) is 9.90 Å². The molecule has 4 heteroatoms. The Kier molecular flexibility index (Phi) is 4.32. The zero-order chi connectivity index (χ0) is 14.2. The van der Waals surface area contributed by atoms with Crippen molar-refractivity contribution in [3.8, 4) is 0 Å². The lowest BCUT2D eigenvalue weighted by Gasteiger charge is -2.29. The van der Waals surface area contributed by atoms with Gasteiger partial charge in [-0.05, 0) is 50.9 Å². The Morgan fingerprint density at radius 1 is 1.20 bits per heavy atom. The van der Waals surface area contributed by atoms with Crippen molar-refractivity contribution in [3.63, 3.8) is 0 Å². The average Bonchev–Trinajstić information content (AvgIpc) is 3.10. The minimum atomic E-state index is -0.621. The Labute approximate surface area is 126 Å². The molecule has 3 aliphatic carbocycles. The number of hydrogen-bond donors (Lipinski definition) is 2. The van der Waals surface area contributed by atoms with Crippen molar-refractivity contribution in [1.29, 1.82) is 0 Å². The highest BCUT2D eigenvalue weighted by Crippen LogP contribution is 2.44. The maximum Gasteiger partial charge on any atom is 0.323 e. The molecule has 0 saturated heterocycles. The fraction of sp³-hybridized carbons (Fsp3) is 0.938. The summed E-state index contributed by atoms with van der Waals surface area (Å²) in [4.78, 5) is 11.7. The van der Waals surface area contributed by atoms with Crippen LogP contribution in [0, 0.1) is 5.92 Å². The predicted molar refractivity (Wildman–Crippen MR) is 83.2 cm³/mol. The minimum absolute atomic E-state index is 0.476. The molecule has 20 heavy (non-hydrogen) atoms. The minimum Gasteiger partial charge on any atom is -0.480 e. The third-order valence-electron chi connectivity index (χ3n) is 5.21. The molecule has 3 saturated carbocycles. The van der Waals surface area contributed by atoms with Gasteiger partial charge in [-0.2, -0.15) is 11.8 Å². The topological polar surface area (TPSA) is 49.3 Å². The van der Waals surface area contributed by atoms with Crippen LogP contribution in [0.25, 0.3) is 0 Å². The maximum atomic E-state index is 11.7. The third kappa shape index (κ3) is 3.33. The van der Waals surface area contributed by atoms with E-state index in [4.69, 9.17) is 0 Å². The second-order valence-electron chi connectivity index (χ2n) is 7.20. The van der Waals surface area contributed by atoms with Gasteiger partial charge in [0.2, 0.25) is 0 Å². The van der Waals surface area contributed by atoms with Crippen LogP contribution in [0.15, 0.2) is 0 Å². The highest BCUT2D eigenvalue weighted by Gasteiger charge is 2.48. The Hall–Kier alpha value is -0.220. The first kappa shape index (κ1) is 14.7. The van der Waals surface area contributed by atoms with Crippen molar-refractivity contribution in [2.24, 2.45) is 5.92 Å². The molecule has 0 amide bonds. The van der Waals surface area contributed by atoms with E-state index in [-0.39, 0.29) is 0 Å². The lowest BCUT2D eigenvalue weighted by Crippen LogP contribution is -2.51. The average molecular weight is 297 g/mol. The summed E-state index contributed by atoms with van der Waals surface area (Å²) in [5.41, 5.74) is -0.612. The number of carboxylic acids is 1. The smallest absolute Gasteiger partial charge is 0.323 e. The molecule has 4 unspecified atom stereocenters. The maximum absolute atomic E-state index is 11.7. The number of rotatable bonds is 5. The first-order chi connectivity index (χ1) is 9.57. The Bertz CT molecular complexity index is 371. The van der Waals surface area contributed by atoms with Crippen LogP contribution in [0.5, 0.6) is 0 Å². The van der Waals surface area contributed by atoms with Gasteiger partial charge in [0.25, 0.3) is 0 Å². The molecule has 4 atom stereocenters. The van der Waals surface area contributed by atoms with Gasteiger partial charge in [0, 0.05) is 16.5 Å². The van der Waals surface area contributed by atoms with Crippen LogP contribution in [0.4, 0.5) is 0 Å². The molecule has 0 spiro atoms. The summed E-state index contributed by atoms with van der Waals surface area (Å²) in [6, 6.07) is 0.476. The van der Waals surface area contributed by atoms with E-state index in [0.717, 1.165) is 43.3 Å². The molecule has 0 bridgehead atoms. The summed E-state index contributed by atoms with van der Waals surface area (Å²) in [6.45, 7) is 2.36. The van der Waals surface area contributed by atoms with Gasteiger partial charge in [-0.1, -0.05) is 19.8 Å². The van der Waals surface area contributed by atoms with Crippen molar-refractivity contribution in [3.05, 3.63) is 0 Å². The summed E-state index contributed by atoms with van der Waals surface area (Å²) < 4.78 is 0. The second-order valence-corrected chi connectivity index (χ2v) is 8.81. The molecule has 0 aromatic rings. The van der Waals surface area contributed by atoms with Crippen molar-refractivity contribution in [1.82, 2.24) is 5.32 Å². The monoisotopic (exact) mass is 297 g/mol. The third-order valence-corrected chi connectivity index (χ3v) is 6.81. The number of hydrogen-bond acceptors (Lipinski definition) is 3. The number of aliphatic carboxylic acids is 1. The quantitative estimate of drug-likeness (QED) is 0.816. The summed E-state index contributed by atoms with van der Waals surface area (Å²) in [5.74, 6) is 0.237. The van der Waals surface area contributed by atoms with Gasteiger partial charge < -0.3 is 5.11 Å². The lowest BCUT2D eigenvalue weighted by molar-refractivity contribution is -0.144. The van der Waals surface area contributed by atoms with Crippen LogP contribution in [0.1, 0.15) is 64.7 Å². The molecule has 2 N–H and O–H groups in total. The molecule has 3 nitrogen and oxygen atoms in total. The first-order valence-corrected chi connectivity index (χ1v) is 9.18. The zero-order valence-corrected chi connectivity index (χ0v) is 13.3. The highest BCUT2D eigenvalue weighted by atomic mass is 32.2. The van der Waals surface area contributed by atoms with Gasteiger partial charge in [0.1, 0.15) is 5.54 Å². The highest BCUT2D eigenvalue weighted by molar-refractivity contribution is 8.00. The molecule has 3 fully saturated rings. The van der Waals surface area contributed by atoms with Gasteiger partial charge in [0.15, 0.2) is 0 Å². The van der Waals surface area contributed by atoms with Crippen LogP contribution in [-0.4, -0.2) is 33.2 Å². The molecule has 0 aromatic carbocycles. The first-order valence-electron chi connectivity index (χ1n) is 8.24. The van der Waals surface area contributed by atoms with Crippen molar-refractivity contribution < 1.29 is 9.90 Å². The molecule has 0 aromatic heterocycles. The number of carboxylic acid groups (broad SMARTS) is 1. The molecular formula is C16H27NO2S. The number of thioether (sulfide) groups is 1. The summed E-state index contributed by atoms with van der Waals surface area (Å²) in [6.07, 6.45) is 10.4. The molecule has 3 aliphatic rings. The lowest BCUT2D eigenvalue weighted by atomic mass is 9.91. The molecule has 3 rings (SSSR count). The van der Waals surface area contributed by atoms with E-state index >= 15 is 0 Å². The Morgan fingerprint density at radius 2 is 2.00 bits per heavy atom. The SMILES string of the molecule is CC1CCCC(SC2CCC(NC3CC3)(C(=O)O)C2)C1. The normalized spacial score (nSPS) is 41.8. The van der Waals surface area contributed by atoms with E-state index in [0.29, 0.717) is 11.3 Å². The van der Waals surface area contributed by atoms with E-state index < -0.39 is 11.5 Å². The van der Waals surface area contributed by atoms with Gasteiger partial charge in [0.05, 0.1) is 0 Å². The number of carbonyl (C=O) groups is 1. The van der Waals surface area contributed by atoms with Crippen LogP contribution >= 0.6 is 11.8 Å². The Balaban J connectivity index is 1.55. The fourth-order valence-corrected chi connectivity index (χ4v) is 5.82.